The summed E-state index contributed by atoms with van der Waals surface area (Å²) < 4.78 is 6.34. The van der Waals surface area contributed by atoms with Crippen molar-refractivity contribution in [1.82, 2.24) is 0 Å². The summed E-state index contributed by atoms with van der Waals surface area (Å²) >= 11 is 9.44. The normalized spacial score (nSPS) is 14.5. The summed E-state index contributed by atoms with van der Waals surface area (Å²) in [6.45, 7) is 4.06. The van der Waals surface area contributed by atoms with Crippen LogP contribution in [0, 0.1) is 0 Å². The zero-order chi connectivity index (χ0) is 16.4. The van der Waals surface area contributed by atoms with Gasteiger partial charge in [-0.2, -0.15) is 0 Å². The lowest BCUT2D eigenvalue weighted by Crippen LogP contribution is -2.03. The molecule has 0 spiro atoms. The fraction of sp³-hybridized carbons (Fsp3) is 0.0556. The molecule has 0 atom stereocenters. The smallest absolute Gasteiger partial charge is 0.256 e. The van der Waals surface area contributed by atoms with E-state index in [1.165, 1.54) is 0 Å². The molecule has 0 fully saturated rings. The minimum absolute atomic E-state index is 0.134. The van der Waals surface area contributed by atoms with Gasteiger partial charge >= 0.3 is 0 Å². The van der Waals surface area contributed by atoms with E-state index in [0.29, 0.717) is 17.2 Å². The number of halogens is 2. The lowest BCUT2D eigenvalue weighted by atomic mass is 10.0. The van der Waals surface area contributed by atoms with Crippen molar-refractivity contribution in [1.29, 1.82) is 0 Å². The fourth-order valence-electron chi connectivity index (χ4n) is 2.35. The third-order valence-corrected chi connectivity index (χ3v) is 4.24. The summed E-state index contributed by atoms with van der Waals surface area (Å²) in [5, 5.41) is 3.42. The minimum atomic E-state index is -0.134. The number of rotatable bonds is 4. The number of nitrogens with one attached hydrogen (secondary N) is 1. The minimum Gasteiger partial charge on any atom is -0.488 e. The number of benzene rings is 2. The third-order valence-electron chi connectivity index (χ3n) is 3.39. The average molecular weight is 391 g/mol. The lowest BCUT2D eigenvalue weighted by Gasteiger charge is -2.07. The van der Waals surface area contributed by atoms with Gasteiger partial charge in [-0.15, -0.1) is 0 Å². The van der Waals surface area contributed by atoms with Crippen molar-refractivity contribution in [3.8, 4) is 5.75 Å². The molecule has 1 heterocycles. The summed E-state index contributed by atoms with van der Waals surface area (Å²) in [6, 6.07) is 11.0. The molecule has 0 aliphatic carbocycles. The predicted octanol–water partition coefficient (Wildman–Crippen LogP) is 5.16. The molecule has 0 saturated carbocycles. The molecule has 3 rings (SSSR count). The highest BCUT2D eigenvalue weighted by molar-refractivity contribution is 9.10. The molecule has 1 amide bonds. The van der Waals surface area contributed by atoms with Gasteiger partial charge in [-0.05, 0) is 51.8 Å². The van der Waals surface area contributed by atoms with Crippen LogP contribution in [0.3, 0.4) is 0 Å². The summed E-state index contributed by atoms with van der Waals surface area (Å²) in [5.41, 5.74) is 3.10. The summed E-state index contributed by atoms with van der Waals surface area (Å²) in [7, 11) is 0. The van der Waals surface area contributed by atoms with Crippen LogP contribution in [-0.2, 0) is 4.79 Å². The van der Waals surface area contributed by atoms with Crippen molar-refractivity contribution in [2.75, 3.05) is 11.9 Å². The van der Waals surface area contributed by atoms with Crippen molar-refractivity contribution in [2.24, 2.45) is 0 Å². The van der Waals surface area contributed by atoms with Gasteiger partial charge in [0, 0.05) is 16.2 Å². The van der Waals surface area contributed by atoms with Crippen LogP contribution >= 0.6 is 27.5 Å². The van der Waals surface area contributed by atoms with Crippen LogP contribution < -0.4 is 10.1 Å². The molecule has 0 saturated heterocycles. The molecule has 0 aromatic heterocycles. The molecule has 23 heavy (non-hydrogen) atoms. The van der Waals surface area contributed by atoms with Gasteiger partial charge in [-0.1, -0.05) is 36.4 Å². The molecule has 0 unspecified atom stereocenters. The Balaban J connectivity index is 1.95. The Kier molecular flexibility index (Phi) is 4.55. The van der Waals surface area contributed by atoms with Gasteiger partial charge in [0.2, 0.25) is 0 Å². The van der Waals surface area contributed by atoms with Crippen LogP contribution in [0.2, 0.25) is 5.02 Å². The molecule has 5 heteroatoms. The molecule has 1 N–H and O–H groups in total. The Hall–Kier alpha value is -2.04. The van der Waals surface area contributed by atoms with E-state index in [9.17, 15) is 4.79 Å². The van der Waals surface area contributed by atoms with E-state index in [-0.39, 0.29) is 5.91 Å². The van der Waals surface area contributed by atoms with Crippen molar-refractivity contribution in [3.05, 3.63) is 69.7 Å². The first-order valence-electron chi connectivity index (χ1n) is 6.94. The topological polar surface area (TPSA) is 38.3 Å². The maximum atomic E-state index is 12.2. The van der Waals surface area contributed by atoms with E-state index in [0.717, 1.165) is 27.0 Å². The Morgan fingerprint density at radius 3 is 2.83 bits per heavy atom. The molecule has 0 radical (unpaired) electrons. The van der Waals surface area contributed by atoms with Gasteiger partial charge in [0.15, 0.2) is 0 Å². The number of carbonyl (C=O) groups is 1. The van der Waals surface area contributed by atoms with Crippen molar-refractivity contribution in [2.45, 2.75) is 0 Å². The van der Waals surface area contributed by atoms with Gasteiger partial charge in [-0.3, -0.25) is 4.79 Å². The van der Waals surface area contributed by atoms with Crippen molar-refractivity contribution in [3.63, 3.8) is 0 Å². The fourth-order valence-corrected chi connectivity index (χ4v) is 3.03. The van der Waals surface area contributed by atoms with Crippen molar-refractivity contribution >= 4 is 50.8 Å². The van der Waals surface area contributed by atoms with E-state index in [1.54, 1.807) is 18.2 Å². The molecular formula is C18H13BrClNO2. The molecule has 1 aliphatic rings. The maximum absolute atomic E-state index is 12.2. The number of hydrogen-bond acceptors (Lipinski definition) is 2. The number of carbonyl (C=O) groups excluding carboxylic acids is 1. The number of amides is 1. The van der Waals surface area contributed by atoms with Gasteiger partial charge in [0.1, 0.15) is 12.4 Å². The van der Waals surface area contributed by atoms with E-state index in [2.05, 4.69) is 27.8 Å². The summed E-state index contributed by atoms with van der Waals surface area (Å²) in [4.78, 5) is 12.2. The average Bonchev–Trinajstić information content (AvgIpc) is 2.81. The van der Waals surface area contributed by atoms with Crippen LogP contribution in [0.15, 0.2) is 53.5 Å². The van der Waals surface area contributed by atoms with E-state index in [1.807, 2.05) is 30.3 Å². The first kappa shape index (κ1) is 15.8. The molecule has 2 aromatic rings. The first-order valence-corrected chi connectivity index (χ1v) is 8.12. The number of anilines is 1. The van der Waals surface area contributed by atoms with Crippen LogP contribution in [0.25, 0.3) is 11.6 Å². The van der Waals surface area contributed by atoms with Crippen LogP contribution in [0.5, 0.6) is 5.75 Å². The van der Waals surface area contributed by atoms with E-state index in [4.69, 9.17) is 16.3 Å². The second kappa shape index (κ2) is 6.60. The number of hydrogen-bond donors (Lipinski definition) is 1. The second-order valence-electron chi connectivity index (χ2n) is 4.99. The largest absolute Gasteiger partial charge is 0.488 e. The Morgan fingerprint density at radius 2 is 2.09 bits per heavy atom. The molecular weight excluding hydrogens is 378 g/mol. The molecule has 2 aromatic carbocycles. The van der Waals surface area contributed by atoms with Crippen LogP contribution in [-0.4, -0.2) is 12.5 Å². The quantitative estimate of drug-likeness (QED) is 0.578. The first-order chi connectivity index (χ1) is 11.1. The van der Waals surface area contributed by atoms with Gasteiger partial charge < -0.3 is 10.1 Å². The molecule has 0 bridgehead atoms. The standard InChI is InChI=1S/C18H13BrClNO2/c1-2-7-23-17-6-3-11(9-15(17)19)8-14-13-5-4-12(20)10-16(13)21-18(14)22/h2-6,8-10H,1,7H2,(H,21,22). The number of ether oxygens (including phenoxy) is 1. The third kappa shape index (κ3) is 3.33. The highest BCUT2D eigenvalue weighted by atomic mass is 79.9. The van der Waals surface area contributed by atoms with Crippen LogP contribution in [0.4, 0.5) is 5.69 Å². The highest BCUT2D eigenvalue weighted by Gasteiger charge is 2.24. The molecule has 1 aliphatic heterocycles. The van der Waals surface area contributed by atoms with Gasteiger partial charge in [0.25, 0.3) is 5.91 Å². The Bertz CT molecular complexity index is 830. The Labute approximate surface area is 147 Å². The lowest BCUT2D eigenvalue weighted by molar-refractivity contribution is -0.110. The van der Waals surface area contributed by atoms with Gasteiger partial charge in [-0.25, -0.2) is 0 Å². The summed E-state index contributed by atoms with van der Waals surface area (Å²) in [5.74, 6) is 0.598. The monoisotopic (exact) mass is 389 g/mol. The predicted molar refractivity (Wildman–Crippen MR) is 97.8 cm³/mol. The second-order valence-corrected chi connectivity index (χ2v) is 6.28. The van der Waals surface area contributed by atoms with Crippen LogP contribution in [0.1, 0.15) is 11.1 Å². The van der Waals surface area contributed by atoms with E-state index >= 15 is 0 Å². The Morgan fingerprint density at radius 1 is 1.26 bits per heavy atom. The maximum Gasteiger partial charge on any atom is 0.256 e. The number of fused-ring (bicyclic) bond motifs is 1. The zero-order valence-electron chi connectivity index (χ0n) is 12.1. The zero-order valence-corrected chi connectivity index (χ0v) is 14.4. The van der Waals surface area contributed by atoms with E-state index < -0.39 is 0 Å². The molecule has 116 valence electrons. The highest BCUT2D eigenvalue weighted by Crippen LogP contribution is 2.35. The van der Waals surface area contributed by atoms with Crippen molar-refractivity contribution < 1.29 is 9.53 Å². The van der Waals surface area contributed by atoms with Gasteiger partial charge in [0.05, 0.1) is 10.2 Å². The molecule has 3 nitrogen and oxygen atoms in total. The summed E-state index contributed by atoms with van der Waals surface area (Å²) in [6.07, 6.45) is 3.53. The SMILES string of the molecule is C=CCOc1ccc(C=C2C(=O)Nc3cc(Cl)ccc32)cc1Br.